The second-order valence-electron chi connectivity index (χ2n) is 4.86. The van der Waals surface area contributed by atoms with Crippen LogP contribution in [0, 0.1) is 6.92 Å². The highest BCUT2D eigenvalue weighted by Gasteiger charge is 2.12. The van der Waals surface area contributed by atoms with Crippen molar-refractivity contribution in [2.45, 2.75) is 25.6 Å². The standard InChI is InChI=1S/C16H18ClNO2S/c1-11-6-7-15(20-11)12(2)18-16(19)10-21-9-13-4-3-5-14(17)8-13/h3-8,12H,9-10H2,1-2H3,(H,18,19). The largest absolute Gasteiger partial charge is 0.464 e. The highest BCUT2D eigenvalue weighted by atomic mass is 35.5. The van der Waals surface area contributed by atoms with Crippen molar-refractivity contribution in [3.8, 4) is 0 Å². The van der Waals surface area contributed by atoms with Crippen molar-refractivity contribution in [1.82, 2.24) is 5.32 Å². The average Bonchev–Trinajstić information content (AvgIpc) is 2.85. The quantitative estimate of drug-likeness (QED) is 0.859. The van der Waals surface area contributed by atoms with Crippen LogP contribution >= 0.6 is 23.4 Å². The number of hydrogen-bond donors (Lipinski definition) is 1. The van der Waals surface area contributed by atoms with Crippen LogP contribution in [-0.4, -0.2) is 11.7 Å². The summed E-state index contributed by atoms with van der Waals surface area (Å²) in [5.74, 6) is 2.81. The Morgan fingerprint density at radius 2 is 2.19 bits per heavy atom. The van der Waals surface area contributed by atoms with Crippen LogP contribution < -0.4 is 5.32 Å². The molecular weight excluding hydrogens is 306 g/mol. The number of rotatable bonds is 6. The molecule has 1 unspecified atom stereocenters. The Hall–Kier alpha value is -1.39. The number of benzene rings is 1. The summed E-state index contributed by atoms with van der Waals surface area (Å²) < 4.78 is 5.50. The van der Waals surface area contributed by atoms with Crippen LogP contribution in [0.15, 0.2) is 40.8 Å². The molecule has 1 atom stereocenters. The molecule has 0 aliphatic carbocycles. The summed E-state index contributed by atoms with van der Waals surface area (Å²) in [5.41, 5.74) is 1.12. The van der Waals surface area contributed by atoms with Crippen LogP contribution in [0.4, 0.5) is 0 Å². The third-order valence-corrected chi connectivity index (χ3v) is 4.20. The van der Waals surface area contributed by atoms with Gasteiger partial charge in [0.2, 0.25) is 5.91 Å². The maximum atomic E-state index is 11.9. The lowest BCUT2D eigenvalue weighted by atomic mass is 10.2. The summed E-state index contributed by atoms with van der Waals surface area (Å²) in [5, 5.41) is 3.65. The van der Waals surface area contributed by atoms with Crippen molar-refractivity contribution < 1.29 is 9.21 Å². The first-order valence-corrected chi connectivity index (χ1v) is 8.26. The minimum atomic E-state index is -0.113. The third kappa shape index (κ3) is 5.14. The first kappa shape index (κ1) is 16.0. The molecule has 1 amide bonds. The summed E-state index contributed by atoms with van der Waals surface area (Å²) in [6.07, 6.45) is 0. The van der Waals surface area contributed by atoms with Crippen LogP contribution in [0.1, 0.15) is 30.0 Å². The minimum Gasteiger partial charge on any atom is -0.464 e. The Labute approximate surface area is 134 Å². The van der Waals surface area contributed by atoms with Gasteiger partial charge in [-0.1, -0.05) is 23.7 Å². The molecule has 0 bridgehead atoms. The molecule has 0 saturated carbocycles. The van der Waals surface area contributed by atoms with Crippen molar-refractivity contribution in [3.63, 3.8) is 0 Å². The first-order valence-electron chi connectivity index (χ1n) is 6.72. The number of carbonyl (C=O) groups is 1. The predicted molar refractivity (Wildman–Crippen MR) is 87.6 cm³/mol. The van der Waals surface area contributed by atoms with Crippen molar-refractivity contribution in [3.05, 3.63) is 58.5 Å². The van der Waals surface area contributed by atoms with Crippen molar-refractivity contribution in [2.24, 2.45) is 0 Å². The number of thioether (sulfide) groups is 1. The van der Waals surface area contributed by atoms with E-state index in [1.807, 2.05) is 50.2 Å². The Balaban J connectivity index is 1.75. The minimum absolute atomic E-state index is 0.00332. The van der Waals surface area contributed by atoms with Crippen LogP contribution in [0.5, 0.6) is 0 Å². The molecule has 2 rings (SSSR count). The smallest absolute Gasteiger partial charge is 0.230 e. The molecular formula is C16H18ClNO2S. The fourth-order valence-electron chi connectivity index (χ4n) is 1.93. The maximum absolute atomic E-state index is 11.9. The highest BCUT2D eigenvalue weighted by molar-refractivity contribution is 7.99. The summed E-state index contributed by atoms with van der Waals surface area (Å²) >= 11 is 7.49. The predicted octanol–water partition coefficient (Wildman–Crippen LogP) is 4.35. The lowest BCUT2D eigenvalue weighted by molar-refractivity contribution is -0.119. The van der Waals surface area contributed by atoms with E-state index in [0.29, 0.717) is 5.75 Å². The second kappa shape index (κ2) is 7.57. The number of carbonyl (C=O) groups excluding carboxylic acids is 1. The summed E-state index contributed by atoms with van der Waals surface area (Å²) in [7, 11) is 0. The van der Waals surface area contributed by atoms with Gasteiger partial charge in [-0.25, -0.2) is 0 Å². The van der Waals surface area contributed by atoms with Gasteiger partial charge >= 0.3 is 0 Å². The van der Waals surface area contributed by atoms with Gasteiger partial charge in [0, 0.05) is 10.8 Å². The lowest BCUT2D eigenvalue weighted by Gasteiger charge is -2.11. The van der Waals surface area contributed by atoms with E-state index >= 15 is 0 Å². The molecule has 112 valence electrons. The second-order valence-corrected chi connectivity index (χ2v) is 6.28. The van der Waals surface area contributed by atoms with Gasteiger partial charge in [-0.3, -0.25) is 4.79 Å². The van der Waals surface area contributed by atoms with E-state index in [1.165, 1.54) is 0 Å². The van der Waals surface area contributed by atoms with Crippen LogP contribution in [0.2, 0.25) is 5.02 Å². The zero-order valence-electron chi connectivity index (χ0n) is 12.1. The number of hydrogen-bond acceptors (Lipinski definition) is 3. The molecule has 0 fully saturated rings. The number of amides is 1. The van der Waals surface area contributed by atoms with Gasteiger partial charge in [0.15, 0.2) is 0 Å². The van der Waals surface area contributed by atoms with Crippen molar-refractivity contribution in [1.29, 1.82) is 0 Å². The number of furan rings is 1. The Kier molecular flexibility index (Phi) is 5.76. The molecule has 1 aromatic heterocycles. The molecule has 0 spiro atoms. The van der Waals surface area contributed by atoms with Crippen LogP contribution in [-0.2, 0) is 10.5 Å². The van der Waals surface area contributed by atoms with Crippen molar-refractivity contribution >= 4 is 29.3 Å². The summed E-state index contributed by atoms with van der Waals surface area (Å²) in [6.45, 7) is 3.80. The normalized spacial score (nSPS) is 12.1. The maximum Gasteiger partial charge on any atom is 0.230 e. The summed E-state index contributed by atoms with van der Waals surface area (Å²) in [6, 6.07) is 11.4. The van der Waals surface area contributed by atoms with Gasteiger partial charge in [0.1, 0.15) is 11.5 Å². The molecule has 1 N–H and O–H groups in total. The third-order valence-electron chi connectivity index (χ3n) is 2.96. The molecule has 0 aliphatic rings. The summed E-state index contributed by atoms with van der Waals surface area (Å²) in [4.78, 5) is 11.9. The van der Waals surface area contributed by atoms with Crippen molar-refractivity contribution in [2.75, 3.05) is 5.75 Å². The average molecular weight is 324 g/mol. The Morgan fingerprint density at radius 3 is 2.86 bits per heavy atom. The van der Waals surface area contributed by atoms with Gasteiger partial charge in [-0.15, -0.1) is 11.8 Å². The van der Waals surface area contributed by atoms with E-state index < -0.39 is 0 Å². The molecule has 0 aliphatic heterocycles. The zero-order valence-corrected chi connectivity index (χ0v) is 13.6. The van der Waals surface area contributed by atoms with Gasteiger partial charge in [-0.2, -0.15) is 0 Å². The van der Waals surface area contributed by atoms with Gasteiger partial charge in [-0.05, 0) is 43.7 Å². The van der Waals surface area contributed by atoms with E-state index in [0.717, 1.165) is 27.9 Å². The zero-order chi connectivity index (χ0) is 15.2. The topological polar surface area (TPSA) is 42.2 Å². The molecule has 3 nitrogen and oxygen atoms in total. The molecule has 0 saturated heterocycles. The molecule has 1 heterocycles. The lowest BCUT2D eigenvalue weighted by Crippen LogP contribution is -2.28. The van der Waals surface area contributed by atoms with E-state index in [4.69, 9.17) is 16.0 Å². The SMILES string of the molecule is Cc1ccc(C(C)NC(=O)CSCc2cccc(Cl)c2)o1. The number of halogens is 1. The van der Waals surface area contributed by atoms with E-state index in [-0.39, 0.29) is 11.9 Å². The van der Waals surface area contributed by atoms with Gasteiger partial charge < -0.3 is 9.73 Å². The number of aryl methyl sites for hydroxylation is 1. The van der Waals surface area contributed by atoms with Crippen LogP contribution in [0.25, 0.3) is 0 Å². The molecule has 0 radical (unpaired) electrons. The van der Waals surface area contributed by atoms with E-state index in [1.54, 1.807) is 11.8 Å². The Bertz CT molecular complexity index is 612. The highest BCUT2D eigenvalue weighted by Crippen LogP contribution is 2.18. The first-order chi connectivity index (χ1) is 10.0. The van der Waals surface area contributed by atoms with Gasteiger partial charge in [0.25, 0.3) is 0 Å². The van der Waals surface area contributed by atoms with Gasteiger partial charge in [0.05, 0.1) is 11.8 Å². The molecule has 1 aromatic carbocycles. The fraction of sp³-hybridized carbons (Fsp3) is 0.312. The number of nitrogens with one attached hydrogen (secondary N) is 1. The monoisotopic (exact) mass is 323 g/mol. The van der Waals surface area contributed by atoms with E-state index in [9.17, 15) is 4.79 Å². The fourth-order valence-corrected chi connectivity index (χ4v) is 2.93. The molecule has 21 heavy (non-hydrogen) atoms. The van der Waals surface area contributed by atoms with Crippen LogP contribution in [0.3, 0.4) is 0 Å². The molecule has 5 heteroatoms. The Morgan fingerprint density at radius 1 is 1.38 bits per heavy atom. The van der Waals surface area contributed by atoms with E-state index in [2.05, 4.69) is 5.32 Å². The molecule has 2 aromatic rings.